The molecule has 15 heavy (non-hydrogen) atoms. The molecule has 84 valence electrons. The first-order valence-corrected chi connectivity index (χ1v) is 5.83. The maximum Gasteiger partial charge on any atom is 0.0628 e. The third kappa shape index (κ3) is 1.69. The smallest absolute Gasteiger partial charge is 0.0628 e. The molecule has 0 saturated carbocycles. The molecule has 1 aromatic rings. The highest BCUT2D eigenvalue weighted by Gasteiger charge is 2.32. The summed E-state index contributed by atoms with van der Waals surface area (Å²) in [6.45, 7) is 8.27. The number of fused-ring (bicyclic) bond motifs is 1. The fraction of sp³-hybridized carbons (Fsp3) is 0.750. The Kier molecular flexibility index (Phi) is 2.59. The van der Waals surface area contributed by atoms with Crippen molar-refractivity contribution in [2.75, 3.05) is 6.54 Å². The molecule has 0 saturated heterocycles. The third-order valence-electron chi connectivity index (χ3n) is 3.46. The number of nitrogens with zero attached hydrogens (tertiary/aromatic N) is 2. The molecule has 1 aromatic heterocycles. The first-order valence-electron chi connectivity index (χ1n) is 5.83. The number of rotatable bonds is 2. The summed E-state index contributed by atoms with van der Waals surface area (Å²) in [6, 6.07) is 0. The third-order valence-corrected chi connectivity index (χ3v) is 3.46. The van der Waals surface area contributed by atoms with Gasteiger partial charge in [-0.1, -0.05) is 13.8 Å². The zero-order valence-corrected chi connectivity index (χ0v) is 10.0. The summed E-state index contributed by atoms with van der Waals surface area (Å²) in [5.74, 6) is 0. The van der Waals surface area contributed by atoms with Crippen LogP contribution >= 0.6 is 0 Å². The van der Waals surface area contributed by atoms with E-state index in [0.717, 1.165) is 6.54 Å². The fourth-order valence-corrected chi connectivity index (χ4v) is 2.79. The van der Waals surface area contributed by atoms with E-state index in [2.05, 4.69) is 30.6 Å². The minimum atomic E-state index is 0.268. The largest absolute Gasteiger partial charge is 0.329 e. The Hall–Kier alpha value is -0.830. The van der Waals surface area contributed by atoms with Gasteiger partial charge in [-0.25, -0.2) is 0 Å². The van der Waals surface area contributed by atoms with Crippen molar-refractivity contribution in [2.45, 2.75) is 52.0 Å². The second kappa shape index (κ2) is 3.63. The highest BCUT2D eigenvalue weighted by Crippen LogP contribution is 2.37. The standard InChI is InChI=1S/C12H21N3/c1-9-10-5-4-6-12(2,3)11(10)15(14-9)8-7-13/h4-8,13H2,1-3H3. The Morgan fingerprint density at radius 2 is 2.20 bits per heavy atom. The molecule has 1 aliphatic carbocycles. The molecule has 0 unspecified atom stereocenters. The average Bonchev–Trinajstić information content (AvgIpc) is 2.45. The fourth-order valence-electron chi connectivity index (χ4n) is 2.79. The monoisotopic (exact) mass is 207 g/mol. The number of nitrogens with two attached hydrogens (primary N) is 1. The molecule has 3 heteroatoms. The van der Waals surface area contributed by atoms with Gasteiger partial charge in [0.1, 0.15) is 0 Å². The molecule has 1 aliphatic rings. The average molecular weight is 207 g/mol. The maximum atomic E-state index is 5.63. The lowest BCUT2D eigenvalue weighted by atomic mass is 9.76. The van der Waals surface area contributed by atoms with Gasteiger partial charge in [-0.3, -0.25) is 4.68 Å². The Bertz CT molecular complexity index is 363. The first kappa shape index (κ1) is 10.7. The zero-order chi connectivity index (χ0) is 11.1. The van der Waals surface area contributed by atoms with Gasteiger partial charge in [0.15, 0.2) is 0 Å². The van der Waals surface area contributed by atoms with E-state index < -0.39 is 0 Å². The predicted molar refractivity (Wildman–Crippen MR) is 62.0 cm³/mol. The van der Waals surface area contributed by atoms with Crippen molar-refractivity contribution in [1.29, 1.82) is 0 Å². The molecule has 3 nitrogen and oxygen atoms in total. The molecular weight excluding hydrogens is 186 g/mol. The van der Waals surface area contributed by atoms with Crippen LogP contribution in [0.2, 0.25) is 0 Å². The van der Waals surface area contributed by atoms with Gasteiger partial charge in [-0.15, -0.1) is 0 Å². The summed E-state index contributed by atoms with van der Waals surface area (Å²) in [6.07, 6.45) is 3.74. The van der Waals surface area contributed by atoms with E-state index in [-0.39, 0.29) is 5.41 Å². The van der Waals surface area contributed by atoms with E-state index in [9.17, 15) is 0 Å². The lowest BCUT2D eigenvalue weighted by molar-refractivity contribution is 0.390. The molecule has 0 amide bonds. The number of aryl methyl sites for hydroxylation is 1. The van der Waals surface area contributed by atoms with Crippen molar-refractivity contribution in [3.8, 4) is 0 Å². The first-order chi connectivity index (χ1) is 7.06. The van der Waals surface area contributed by atoms with E-state index in [1.807, 2.05) is 0 Å². The Morgan fingerprint density at radius 1 is 1.47 bits per heavy atom. The van der Waals surface area contributed by atoms with Crippen LogP contribution in [0.25, 0.3) is 0 Å². The lowest BCUT2D eigenvalue weighted by Crippen LogP contribution is -2.28. The summed E-state index contributed by atoms with van der Waals surface area (Å²) in [7, 11) is 0. The molecule has 0 bridgehead atoms. The van der Waals surface area contributed by atoms with E-state index in [1.165, 1.54) is 36.2 Å². The lowest BCUT2D eigenvalue weighted by Gasteiger charge is -2.31. The summed E-state index contributed by atoms with van der Waals surface area (Å²) in [5.41, 5.74) is 10.00. The van der Waals surface area contributed by atoms with Crippen LogP contribution in [0, 0.1) is 6.92 Å². The molecular formula is C12H21N3. The maximum absolute atomic E-state index is 5.63. The van der Waals surface area contributed by atoms with Gasteiger partial charge < -0.3 is 5.73 Å². The minimum absolute atomic E-state index is 0.268. The van der Waals surface area contributed by atoms with Crippen LogP contribution < -0.4 is 5.73 Å². The summed E-state index contributed by atoms with van der Waals surface area (Å²) in [5, 5.41) is 4.61. The Balaban J connectivity index is 2.51. The van der Waals surface area contributed by atoms with Crippen molar-refractivity contribution in [3.63, 3.8) is 0 Å². The Morgan fingerprint density at radius 3 is 2.87 bits per heavy atom. The summed E-state index contributed by atoms with van der Waals surface area (Å²) < 4.78 is 2.13. The molecule has 0 atom stereocenters. The number of aromatic nitrogens is 2. The Labute approximate surface area is 91.7 Å². The number of hydrogen-bond acceptors (Lipinski definition) is 2. The van der Waals surface area contributed by atoms with Crippen LogP contribution in [0.3, 0.4) is 0 Å². The summed E-state index contributed by atoms with van der Waals surface area (Å²) >= 11 is 0. The molecule has 0 radical (unpaired) electrons. The van der Waals surface area contributed by atoms with Crippen LogP contribution in [-0.2, 0) is 18.4 Å². The summed E-state index contributed by atoms with van der Waals surface area (Å²) in [4.78, 5) is 0. The van der Waals surface area contributed by atoms with E-state index in [0.29, 0.717) is 6.54 Å². The van der Waals surface area contributed by atoms with Crippen molar-refractivity contribution >= 4 is 0 Å². The van der Waals surface area contributed by atoms with Crippen LogP contribution in [0.4, 0.5) is 0 Å². The molecule has 1 heterocycles. The van der Waals surface area contributed by atoms with Gasteiger partial charge in [0.25, 0.3) is 0 Å². The SMILES string of the molecule is Cc1nn(CCN)c2c1CCCC2(C)C. The van der Waals surface area contributed by atoms with Gasteiger partial charge >= 0.3 is 0 Å². The molecule has 0 spiro atoms. The van der Waals surface area contributed by atoms with Crippen LogP contribution in [-0.4, -0.2) is 16.3 Å². The second-order valence-electron chi connectivity index (χ2n) is 5.16. The van der Waals surface area contributed by atoms with Gasteiger partial charge in [-0.05, 0) is 31.7 Å². The molecule has 0 aromatic carbocycles. The molecule has 2 rings (SSSR count). The molecule has 0 aliphatic heterocycles. The van der Waals surface area contributed by atoms with Crippen LogP contribution in [0.1, 0.15) is 43.6 Å². The van der Waals surface area contributed by atoms with Gasteiger partial charge in [0, 0.05) is 17.7 Å². The number of hydrogen-bond donors (Lipinski definition) is 1. The topological polar surface area (TPSA) is 43.8 Å². The second-order valence-corrected chi connectivity index (χ2v) is 5.16. The van der Waals surface area contributed by atoms with E-state index in [4.69, 9.17) is 5.73 Å². The van der Waals surface area contributed by atoms with E-state index in [1.54, 1.807) is 0 Å². The highest BCUT2D eigenvalue weighted by molar-refractivity contribution is 5.33. The van der Waals surface area contributed by atoms with Crippen molar-refractivity contribution in [3.05, 3.63) is 17.0 Å². The van der Waals surface area contributed by atoms with Gasteiger partial charge in [-0.2, -0.15) is 5.10 Å². The van der Waals surface area contributed by atoms with Gasteiger partial charge in [0.2, 0.25) is 0 Å². The van der Waals surface area contributed by atoms with Crippen molar-refractivity contribution in [2.24, 2.45) is 5.73 Å². The normalized spacial score (nSPS) is 18.9. The predicted octanol–water partition coefficient (Wildman–Crippen LogP) is 1.76. The molecule has 2 N–H and O–H groups in total. The quantitative estimate of drug-likeness (QED) is 0.803. The van der Waals surface area contributed by atoms with E-state index >= 15 is 0 Å². The van der Waals surface area contributed by atoms with Crippen molar-refractivity contribution in [1.82, 2.24) is 9.78 Å². The zero-order valence-electron chi connectivity index (χ0n) is 10.0. The van der Waals surface area contributed by atoms with Crippen molar-refractivity contribution < 1.29 is 0 Å². The molecule has 0 fully saturated rings. The van der Waals surface area contributed by atoms with Crippen LogP contribution in [0.5, 0.6) is 0 Å². The minimum Gasteiger partial charge on any atom is -0.329 e. The van der Waals surface area contributed by atoms with Crippen LogP contribution in [0.15, 0.2) is 0 Å². The van der Waals surface area contributed by atoms with Gasteiger partial charge in [0.05, 0.1) is 12.2 Å². The highest BCUT2D eigenvalue weighted by atomic mass is 15.3.